The molecule has 0 N–H and O–H groups in total. The van der Waals surface area contributed by atoms with E-state index in [9.17, 15) is 19.2 Å². The van der Waals surface area contributed by atoms with Gasteiger partial charge >= 0.3 is 24.4 Å². The van der Waals surface area contributed by atoms with Gasteiger partial charge in [-0.3, -0.25) is 0 Å². The molecule has 6 fully saturated rings. The normalized spacial score (nSPS) is 25.5. The summed E-state index contributed by atoms with van der Waals surface area (Å²) in [6.45, 7) is 19.3. The summed E-state index contributed by atoms with van der Waals surface area (Å²) in [5.74, 6) is 2.51. The minimum atomic E-state index is -0.486. The van der Waals surface area contributed by atoms with Gasteiger partial charge in [0.1, 0.15) is 24.4 Å². The SMILES string of the molecule is CC(C)(C)OC(=O)N1C[C@H]2CC(N(CC3CCOCC3)C(=O)OCc3ccccc3)C[C@H]2C1.CC(C)(C)OC(=O)N1C[C@H]2CC(N(CC3CCOCC3)C(=O)OCc3ccccc3)C[C@H]2C1. The summed E-state index contributed by atoms with van der Waals surface area (Å²) in [7, 11) is 0. The smallest absolute Gasteiger partial charge is 0.410 e. The van der Waals surface area contributed by atoms with E-state index in [1.165, 1.54) is 0 Å². The van der Waals surface area contributed by atoms with Crippen molar-refractivity contribution in [3.05, 3.63) is 71.8 Å². The summed E-state index contributed by atoms with van der Waals surface area (Å²) in [5.41, 5.74) is 1.02. The molecular formula is C52H76N4O10. The lowest BCUT2D eigenvalue weighted by molar-refractivity contribution is 0.0245. The maximum atomic E-state index is 13.2. The Balaban J connectivity index is 0.000000196. The topological polar surface area (TPSA) is 137 Å². The zero-order valence-electron chi connectivity index (χ0n) is 40.4. The number of likely N-dealkylation sites (tertiary alicyclic amines) is 2. The Bertz CT molecular complexity index is 1710. The average molecular weight is 917 g/mol. The maximum absolute atomic E-state index is 13.2. The van der Waals surface area contributed by atoms with Crippen LogP contribution in [0.2, 0.25) is 0 Å². The zero-order chi connectivity index (χ0) is 46.8. The van der Waals surface area contributed by atoms with Crippen LogP contribution in [-0.2, 0) is 41.6 Å². The first kappa shape index (κ1) is 49.3. The molecule has 66 heavy (non-hydrogen) atoms. The molecule has 4 amide bonds. The number of hydrogen-bond acceptors (Lipinski definition) is 10. The molecule has 2 aromatic rings. The third-order valence-corrected chi connectivity index (χ3v) is 14.1. The average Bonchev–Trinajstić information content (AvgIpc) is 4.08. The van der Waals surface area contributed by atoms with E-state index in [2.05, 4.69) is 0 Å². The Morgan fingerprint density at radius 1 is 0.530 bits per heavy atom. The monoisotopic (exact) mass is 917 g/mol. The minimum Gasteiger partial charge on any atom is -0.445 e. The lowest BCUT2D eigenvalue weighted by Gasteiger charge is -2.34. The molecule has 0 bridgehead atoms. The van der Waals surface area contributed by atoms with Crippen LogP contribution in [-0.4, -0.2) is 133 Å². The standard InChI is InChI=1S/2C26H38N2O5/c2*1-26(2,3)33-24(29)27-16-21-13-23(14-22(21)17-27)28(15-19-9-11-31-12-10-19)25(30)32-18-20-7-5-4-6-8-20/h2*4-8,19,21-23H,9-18H2,1-3H3/t2*21-,22+,23?. The van der Waals surface area contributed by atoms with E-state index in [0.717, 1.165) is 102 Å². The molecule has 2 aromatic carbocycles. The van der Waals surface area contributed by atoms with Crippen LogP contribution < -0.4 is 0 Å². The molecule has 0 aromatic heterocycles. The molecule has 6 atom stereocenters. The highest BCUT2D eigenvalue weighted by atomic mass is 16.6. The Kier molecular flexibility index (Phi) is 16.8. The highest BCUT2D eigenvalue weighted by molar-refractivity contribution is 5.70. The molecule has 14 nitrogen and oxygen atoms in total. The molecule has 2 unspecified atom stereocenters. The molecule has 364 valence electrons. The number of nitrogens with zero attached hydrogens (tertiary/aromatic N) is 4. The Labute approximate surface area is 392 Å². The molecule has 14 heteroatoms. The summed E-state index contributed by atoms with van der Waals surface area (Å²) < 4.78 is 33.7. The number of ether oxygens (including phenoxy) is 6. The summed E-state index contributed by atoms with van der Waals surface area (Å²) in [4.78, 5) is 59.1. The predicted molar refractivity (Wildman–Crippen MR) is 249 cm³/mol. The molecular weight excluding hydrogens is 841 g/mol. The number of carbonyl (C=O) groups is 4. The van der Waals surface area contributed by atoms with Crippen molar-refractivity contribution in [1.29, 1.82) is 0 Å². The number of amides is 4. The fraction of sp³-hybridized carbons (Fsp3) is 0.692. The van der Waals surface area contributed by atoms with E-state index in [-0.39, 0.29) is 49.7 Å². The summed E-state index contributed by atoms with van der Waals surface area (Å²) >= 11 is 0. The lowest BCUT2D eigenvalue weighted by atomic mass is 9.98. The first-order valence-electron chi connectivity index (χ1n) is 24.6. The van der Waals surface area contributed by atoms with Gasteiger partial charge in [-0.15, -0.1) is 0 Å². The first-order valence-corrected chi connectivity index (χ1v) is 24.6. The van der Waals surface area contributed by atoms with Gasteiger partial charge in [-0.1, -0.05) is 60.7 Å². The van der Waals surface area contributed by atoms with Crippen LogP contribution in [0.25, 0.3) is 0 Å². The van der Waals surface area contributed by atoms with Crippen molar-refractivity contribution in [3.8, 4) is 0 Å². The van der Waals surface area contributed by atoms with Gasteiger partial charge in [0.05, 0.1) is 0 Å². The summed E-state index contributed by atoms with van der Waals surface area (Å²) in [6.07, 6.45) is 6.66. The van der Waals surface area contributed by atoms with Crippen molar-refractivity contribution in [2.24, 2.45) is 35.5 Å². The Morgan fingerprint density at radius 3 is 1.15 bits per heavy atom. The molecule has 4 heterocycles. The fourth-order valence-electron chi connectivity index (χ4n) is 10.8. The van der Waals surface area contributed by atoms with Crippen molar-refractivity contribution >= 4 is 24.4 Å². The van der Waals surface area contributed by atoms with Crippen LogP contribution in [0.3, 0.4) is 0 Å². The lowest BCUT2D eigenvalue weighted by Crippen LogP contribution is -2.44. The van der Waals surface area contributed by atoms with Crippen LogP contribution in [0.1, 0.15) is 104 Å². The molecule has 4 saturated heterocycles. The van der Waals surface area contributed by atoms with E-state index < -0.39 is 11.2 Å². The number of carbonyl (C=O) groups excluding carboxylic acids is 4. The van der Waals surface area contributed by atoms with Gasteiger partial charge in [-0.25, -0.2) is 19.2 Å². The Hall–Kier alpha value is -4.56. The van der Waals surface area contributed by atoms with Crippen molar-refractivity contribution in [3.63, 3.8) is 0 Å². The number of fused-ring (bicyclic) bond motifs is 2. The van der Waals surface area contributed by atoms with Crippen LogP contribution in [0, 0.1) is 35.5 Å². The van der Waals surface area contributed by atoms with Crippen LogP contribution >= 0.6 is 0 Å². The van der Waals surface area contributed by atoms with Crippen molar-refractivity contribution in [1.82, 2.24) is 19.6 Å². The molecule has 2 saturated carbocycles. The predicted octanol–water partition coefficient (Wildman–Crippen LogP) is 9.39. The molecule has 8 rings (SSSR count). The van der Waals surface area contributed by atoms with Crippen molar-refractivity contribution < 1.29 is 47.6 Å². The highest BCUT2D eigenvalue weighted by Crippen LogP contribution is 2.43. The summed E-state index contributed by atoms with van der Waals surface area (Å²) in [6, 6.07) is 20.0. The van der Waals surface area contributed by atoms with E-state index in [1.807, 2.05) is 122 Å². The number of benzene rings is 2. The highest BCUT2D eigenvalue weighted by Gasteiger charge is 2.48. The van der Waals surface area contributed by atoms with Crippen molar-refractivity contribution in [2.75, 3.05) is 65.7 Å². The van der Waals surface area contributed by atoms with Gasteiger partial charge in [-0.05, 0) is 140 Å². The third-order valence-electron chi connectivity index (χ3n) is 14.1. The molecule has 0 radical (unpaired) electrons. The van der Waals surface area contributed by atoms with Crippen LogP contribution in [0.4, 0.5) is 19.2 Å². The fourth-order valence-corrected chi connectivity index (χ4v) is 10.8. The largest absolute Gasteiger partial charge is 0.445 e. The number of hydrogen-bond donors (Lipinski definition) is 0. The van der Waals surface area contributed by atoms with E-state index in [0.29, 0.717) is 61.7 Å². The minimum absolute atomic E-state index is 0.159. The molecule has 0 spiro atoms. The van der Waals surface area contributed by atoms with E-state index in [4.69, 9.17) is 28.4 Å². The third kappa shape index (κ3) is 14.2. The second kappa shape index (κ2) is 22.5. The van der Waals surface area contributed by atoms with Gasteiger partial charge in [0.25, 0.3) is 0 Å². The maximum Gasteiger partial charge on any atom is 0.410 e. The van der Waals surface area contributed by atoms with Gasteiger partial charge in [0.2, 0.25) is 0 Å². The van der Waals surface area contributed by atoms with Crippen LogP contribution in [0.5, 0.6) is 0 Å². The van der Waals surface area contributed by atoms with Gasteiger partial charge in [-0.2, -0.15) is 0 Å². The van der Waals surface area contributed by atoms with Crippen molar-refractivity contribution in [2.45, 2.75) is 129 Å². The van der Waals surface area contributed by atoms with Crippen LogP contribution in [0.15, 0.2) is 60.7 Å². The van der Waals surface area contributed by atoms with Gasteiger partial charge < -0.3 is 48.0 Å². The molecule has 6 aliphatic rings. The molecule has 2 aliphatic carbocycles. The van der Waals surface area contributed by atoms with Gasteiger partial charge in [0.15, 0.2) is 0 Å². The van der Waals surface area contributed by atoms with E-state index in [1.54, 1.807) is 0 Å². The second-order valence-corrected chi connectivity index (χ2v) is 21.6. The number of rotatable bonds is 10. The zero-order valence-corrected chi connectivity index (χ0v) is 40.4. The Morgan fingerprint density at radius 2 is 0.848 bits per heavy atom. The summed E-state index contributed by atoms with van der Waals surface area (Å²) in [5, 5.41) is 0. The van der Waals surface area contributed by atoms with Gasteiger partial charge in [0, 0.05) is 77.8 Å². The second-order valence-electron chi connectivity index (χ2n) is 21.6. The molecule has 4 aliphatic heterocycles. The quantitative estimate of drug-likeness (QED) is 0.212. The first-order chi connectivity index (χ1) is 31.6. The van der Waals surface area contributed by atoms with E-state index >= 15 is 0 Å².